The number of rotatable bonds is 4. The van der Waals surface area contributed by atoms with Crippen molar-refractivity contribution in [2.24, 2.45) is 15.9 Å². The molecule has 5 nitrogen and oxygen atoms in total. The number of ether oxygens (including phenoxy) is 2. The molecule has 0 saturated carbocycles. The average molecular weight is 306 g/mol. The van der Waals surface area contributed by atoms with Gasteiger partial charge >= 0.3 is 0 Å². The number of amidine groups is 1. The first-order valence-electron chi connectivity index (χ1n) is 7.10. The Labute approximate surface area is 128 Å². The molecule has 0 aromatic carbocycles. The van der Waals surface area contributed by atoms with Crippen molar-refractivity contribution in [3.63, 3.8) is 0 Å². The lowest BCUT2D eigenvalue weighted by molar-refractivity contribution is -0.118. The van der Waals surface area contributed by atoms with Gasteiger partial charge in [-0.05, 0) is 18.9 Å². The van der Waals surface area contributed by atoms with Gasteiger partial charge in [0.05, 0.1) is 12.9 Å². The summed E-state index contributed by atoms with van der Waals surface area (Å²) in [6.07, 6.45) is 7.57. The monoisotopic (exact) mass is 306 g/mol. The van der Waals surface area contributed by atoms with E-state index in [4.69, 9.17) is 9.47 Å². The van der Waals surface area contributed by atoms with Gasteiger partial charge in [-0.15, -0.1) is 0 Å². The lowest BCUT2D eigenvalue weighted by Gasteiger charge is -2.23. The molecular formula is C15H18N2O3S. The highest BCUT2D eigenvalue weighted by molar-refractivity contribution is 8.00. The third-order valence-corrected chi connectivity index (χ3v) is 5.06. The third-order valence-electron chi connectivity index (χ3n) is 3.69. The SMILES string of the molecule is COC1=CC=CC2C(=O)N=C(CSC3CCOCC3)N=C12. The molecule has 2 heterocycles. The van der Waals surface area contributed by atoms with Crippen LogP contribution in [0.2, 0.25) is 0 Å². The van der Waals surface area contributed by atoms with Gasteiger partial charge in [0.2, 0.25) is 0 Å². The second-order valence-electron chi connectivity index (χ2n) is 5.08. The largest absolute Gasteiger partial charge is 0.495 e. The molecule has 0 N–H and O–H groups in total. The van der Waals surface area contributed by atoms with Crippen LogP contribution in [-0.4, -0.2) is 48.8 Å². The molecule has 2 aliphatic heterocycles. The lowest BCUT2D eigenvalue weighted by atomic mass is 9.95. The Bertz CT molecular complexity index is 545. The van der Waals surface area contributed by atoms with Gasteiger partial charge in [0.1, 0.15) is 23.2 Å². The van der Waals surface area contributed by atoms with Gasteiger partial charge in [0, 0.05) is 18.5 Å². The molecule has 1 aliphatic carbocycles. The van der Waals surface area contributed by atoms with E-state index in [1.165, 1.54) is 0 Å². The molecule has 0 spiro atoms. The quantitative estimate of drug-likeness (QED) is 0.797. The average Bonchev–Trinajstić information content (AvgIpc) is 2.53. The van der Waals surface area contributed by atoms with Crippen LogP contribution < -0.4 is 0 Å². The Morgan fingerprint density at radius 1 is 1.38 bits per heavy atom. The molecule has 0 aromatic rings. The summed E-state index contributed by atoms with van der Waals surface area (Å²) in [6.45, 7) is 1.64. The van der Waals surface area contributed by atoms with Crippen molar-refractivity contribution in [2.75, 3.05) is 26.1 Å². The van der Waals surface area contributed by atoms with Crippen molar-refractivity contribution in [2.45, 2.75) is 18.1 Å². The van der Waals surface area contributed by atoms with Gasteiger partial charge < -0.3 is 9.47 Å². The van der Waals surface area contributed by atoms with Crippen LogP contribution in [0.1, 0.15) is 12.8 Å². The van der Waals surface area contributed by atoms with Crippen LogP contribution in [0.25, 0.3) is 0 Å². The number of amides is 1. The highest BCUT2D eigenvalue weighted by Gasteiger charge is 2.31. The molecule has 0 radical (unpaired) electrons. The molecule has 6 heteroatoms. The predicted molar refractivity (Wildman–Crippen MR) is 83.9 cm³/mol. The number of thioether (sulfide) groups is 1. The zero-order valence-corrected chi connectivity index (χ0v) is 12.8. The Morgan fingerprint density at radius 3 is 2.95 bits per heavy atom. The minimum absolute atomic E-state index is 0.151. The Kier molecular flexibility index (Phi) is 4.55. The van der Waals surface area contributed by atoms with E-state index in [0.717, 1.165) is 26.1 Å². The van der Waals surface area contributed by atoms with Crippen LogP contribution in [0.15, 0.2) is 34.0 Å². The molecule has 1 unspecified atom stereocenters. The van der Waals surface area contributed by atoms with Crippen molar-refractivity contribution < 1.29 is 14.3 Å². The van der Waals surface area contributed by atoms with Gasteiger partial charge in [-0.2, -0.15) is 16.8 Å². The number of fused-ring (bicyclic) bond motifs is 1. The first-order valence-corrected chi connectivity index (χ1v) is 8.15. The molecule has 1 atom stereocenters. The lowest BCUT2D eigenvalue weighted by Crippen LogP contribution is -2.31. The van der Waals surface area contributed by atoms with Crippen molar-refractivity contribution in [1.29, 1.82) is 0 Å². The number of hydrogen-bond acceptors (Lipinski definition) is 5. The first kappa shape index (κ1) is 14.5. The summed E-state index contributed by atoms with van der Waals surface area (Å²) in [5.74, 6) is 1.37. The summed E-state index contributed by atoms with van der Waals surface area (Å²) >= 11 is 1.81. The number of nitrogens with zero attached hydrogens (tertiary/aromatic N) is 2. The summed E-state index contributed by atoms with van der Waals surface area (Å²) in [7, 11) is 1.59. The summed E-state index contributed by atoms with van der Waals surface area (Å²) in [5, 5.41) is 0.568. The van der Waals surface area contributed by atoms with E-state index in [-0.39, 0.29) is 11.8 Å². The fourth-order valence-electron chi connectivity index (χ4n) is 2.54. The zero-order valence-electron chi connectivity index (χ0n) is 11.9. The van der Waals surface area contributed by atoms with Crippen molar-refractivity contribution in [3.8, 4) is 0 Å². The predicted octanol–water partition coefficient (Wildman–Crippen LogP) is 1.99. The maximum absolute atomic E-state index is 12.1. The fraction of sp³-hybridized carbons (Fsp3) is 0.533. The van der Waals surface area contributed by atoms with Crippen LogP contribution in [0.3, 0.4) is 0 Å². The van der Waals surface area contributed by atoms with Crippen LogP contribution in [0, 0.1) is 5.92 Å². The van der Waals surface area contributed by atoms with Crippen LogP contribution >= 0.6 is 11.8 Å². The maximum Gasteiger partial charge on any atom is 0.260 e. The number of allylic oxidation sites excluding steroid dienone is 3. The molecule has 112 valence electrons. The normalized spacial score (nSPS) is 25.9. The highest BCUT2D eigenvalue weighted by atomic mass is 32.2. The van der Waals surface area contributed by atoms with Gasteiger partial charge in [0.15, 0.2) is 0 Å². The zero-order chi connectivity index (χ0) is 14.7. The standard InChI is InChI=1S/C15H18N2O3S/c1-19-12-4-2-3-11-14(12)16-13(17-15(11)18)9-21-10-5-7-20-8-6-10/h2-4,10-11H,5-9H2,1H3. The molecule has 21 heavy (non-hydrogen) atoms. The number of carbonyl (C=O) groups excluding carboxylic acids is 1. The first-order chi connectivity index (χ1) is 10.3. The number of aliphatic imine (C=N–C) groups is 2. The summed E-state index contributed by atoms with van der Waals surface area (Å²) < 4.78 is 10.7. The third kappa shape index (κ3) is 3.27. The molecule has 1 fully saturated rings. The maximum atomic E-state index is 12.1. The fourth-order valence-corrected chi connectivity index (χ4v) is 3.58. The van der Waals surface area contributed by atoms with Crippen LogP contribution in [0.5, 0.6) is 0 Å². The summed E-state index contributed by atoms with van der Waals surface area (Å²) in [5.41, 5.74) is 0.683. The van der Waals surface area contributed by atoms with Crippen LogP contribution in [-0.2, 0) is 14.3 Å². The number of carbonyl (C=O) groups is 1. The second-order valence-corrected chi connectivity index (χ2v) is 6.37. The molecule has 3 aliphatic rings. The Balaban J connectivity index is 1.68. The summed E-state index contributed by atoms with van der Waals surface area (Å²) in [4.78, 5) is 20.8. The van der Waals surface area contributed by atoms with Crippen molar-refractivity contribution >= 4 is 29.2 Å². The molecular weight excluding hydrogens is 288 g/mol. The molecule has 0 bridgehead atoms. The van der Waals surface area contributed by atoms with Gasteiger partial charge in [-0.1, -0.05) is 12.2 Å². The second kappa shape index (κ2) is 6.58. The summed E-state index contributed by atoms with van der Waals surface area (Å²) in [6, 6.07) is 0. The molecule has 0 aromatic heterocycles. The van der Waals surface area contributed by atoms with Gasteiger partial charge in [-0.25, -0.2) is 4.99 Å². The van der Waals surface area contributed by atoms with Crippen molar-refractivity contribution in [3.05, 3.63) is 24.0 Å². The van der Waals surface area contributed by atoms with E-state index in [2.05, 4.69) is 9.98 Å². The molecule has 3 rings (SSSR count). The van der Waals surface area contributed by atoms with E-state index in [1.54, 1.807) is 18.9 Å². The van der Waals surface area contributed by atoms with E-state index in [9.17, 15) is 4.79 Å². The van der Waals surface area contributed by atoms with E-state index >= 15 is 0 Å². The minimum Gasteiger partial charge on any atom is -0.495 e. The Hall–Kier alpha value is -1.40. The topological polar surface area (TPSA) is 60.2 Å². The number of hydrogen-bond donors (Lipinski definition) is 0. The molecule has 1 amide bonds. The minimum atomic E-state index is -0.387. The van der Waals surface area contributed by atoms with E-state index in [1.807, 2.05) is 18.2 Å². The highest BCUT2D eigenvalue weighted by Crippen LogP contribution is 2.25. The van der Waals surface area contributed by atoms with Gasteiger partial charge in [0.25, 0.3) is 5.91 Å². The number of methoxy groups -OCH3 is 1. The van der Waals surface area contributed by atoms with Gasteiger partial charge in [-0.3, -0.25) is 4.79 Å². The van der Waals surface area contributed by atoms with E-state index in [0.29, 0.717) is 28.3 Å². The smallest absolute Gasteiger partial charge is 0.260 e. The Morgan fingerprint density at radius 2 is 2.19 bits per heavy atom. The molecule has 1 saturated heterocycles. The van der Waals surface area contributed by atoms with Crippen LogP contribution in [0.4, 0.5) is 0 Å². The van der Waals surface area contributed by atoms with E-state index < -0.39 is 0 Å². The van der Waals surface area contributed by atoms with Crippen molar-refractivity contribution in [1.82, 2.24) is 0 Å².